The molecule has 1 rings (SSSR count). The van der Waals surface area contributed by atoms with Gasteiger partial charge >= 0.3 is 0 Å². The average Bonchev–Trinajstić information content (AvgIpc) is 2.51. The average molecular weight is 249 g/mol. The van der Waals surface area contributed by atoms with Gasteiger partial charge in [0.1, 0.15) is 6.61 Å². The molecular formula is C10H19NO4S. The lowest BCUT2D eigenvalue weighted by atomic mass is 10.2. The highest BCUT2D eigenvalue weighted by Gasteiger charge is 2.31. The summed E-state index contributed by atoms with van der Waals surface area (Å²) >= 11 is 0. The smallest absolute Gasteiger partial charge is 0.246 e. The third kappa shape index (κ3) is 4.09. The van der Waals surface area contributed by atoms with Gasteiger partial charge in [-0.3, -0.25) is 4.79 Å². The molecule has 0 radical (unpaired) electrons. The molecule has 16 heavy (non-hydrogen) atoms. The zero-order valence-corrected chi connectivity index (χ0v) is 10.5. The maximum atomic E-state index is 11.5. The van der Waals surface area contributed by atoms with Crippen LogP contribution in [-0.4, -0.2) is 44.6 Å². The van der Waals surface area contributed by atoms with E-state index in [0.717, 1.165) is 0 Å². The molecule has 0 bridgehead atoms. The normalized spacial score (nSPS) is 23.6. The van der Waals surface area contributed by atoms with Gasteiger partial charge in [0.25, 0.3) is 0 Å². The van der Waals surface area contributed by atoms with Crippen molar-refractivity contribution in [1.29, 1.82) is 0 Å². The van der Waals surface area contributed by atoms with E-state index >= 15 is 0 Å². The van der Waals surface area contributed by atoms with Gasteiger partial charge in [-0.25, -0.2) is 8.42 Å². The lowest BCUT2D eigenvalue weighted by Gasteiger charge is -2.11. The Kier molecular flexibility index (Phi) is 4.73. The van der Waals surface area contributed by atoms with Crippen LogP contribution in [-0.2, 0) is 19.4 Å². The number of carbonyl (C=O) groups excluding carboxylic acids is 1. The van der Waals surface area contributed by atoms with Crippen molar-refractivity contribution in [2.24, 2.45) is 0 Å². The summed E-state index contributed by atoms with van der Waals surface area (Å²) in [5.74, 6) is -0.00783. The lowest BCUT2D eigenvalue weighted by molar-refractivity contribution is -0.127. The predicted octanol–water partition coefficient (Wildman–Crippen LogP) is 0.105. The van der Waals surface area contributed by atoms with Crippen LogP contribution in [0.25, 0.3) is 0 Å². The molecule has 0 aromatic heterocycles. The Bertz CT molecular complexity index is 337. The van der Waals surface area contributed by atoms with Crippen LogP contribution in [0.15, 0.2) is 0 Å². The molecule has 1 fully saturated rings. The van der Waals surface area contributed by atoms with Crippen LogP contribution in [0, 0.1) is 0 Å². The third-order valence-electron chi connectivity index (χ3n) is 2.54. The molecule has 0 aliphatic carbocycles. The molecule has 1 heterocycles. The predicted molar refractivity (Wildman–Crippen MR) is 60.9 cm³/mol. The van der Waals surface area contributed by atoms with Gasteiger partial charge in [0.15, 0.2) is 9.84 Å². The van der Waals surface area contributed by atoms with Crippen molar-refractivity contribution < 1.29 is 17.9 Å². The molecule has 0 aromatic rings. The van der Waals surface area contributed by atoms with Crippen LogP contribution in [0.2, 0.25) is 0 Å². The molecule has 1 unspecified atom stereocenters. The highest BCUT2D eigenvalue weighted by Crippen LogP contribution is 2.18. The van der Waals surface area contributed by atoms with Crippen LogP contribution in [0.5, 0.6) is 0 Å². The Hall–Kier alpha value is -0.620. The molecule has 1 atom stereocenters. The summed E-state index contributed by atoms with van der Waals surface area (Å²) in [5, 5.41) is 2.19. The van der Waals surface area contributed by atoms with Crippen molar-refractivity contribution in [2.75, 3.05) is 18.9 Å². The Morgan fingerprint density at radius 3 is 2.69 bits per heavy atom. The zero-order valence-electron chi connectivity index (χ0n) is 9.73. The summed E-state index contributed by atoms with van der Waals surface area (Å²) in [5.41, 5.74) is 0. The number of amides is 1. The standard InChI is InChI=1S/C10H19NO4S/c1-8(2)15-7-10(12)11-6-9-4-3-5-16(9,13)14/h8-9H,3-7H2,1-2H3,(H,11,12). The summed E-state index contributed by atoms with van der Waals surface area (Å²) in [6, 6.07) is 0. The van der Waals surface area contributed by atoms with Crippen LogP contribution < -0.4 is 5.32 Å². The van der Waals surface area contributed by atoms with Gasteiger partial charge < -0.3 is 10.1 Å². The first-order valence-corrected chi connectivity index (χ1v) is 7.23. The van der Waals surface area contributed by atoms with Crippen molar-refractivity contribution in [2.45, 2.75) is 38.0 Å². The van der Waals surface area contributed by atoms with Gasteiger partial charge in [0.05, 0.1) is 17.1 Å². The van der Waals surface area contributed by atoms with E-state index in [1.165, 1.54) is 0 Å². The molecule has 0 aromatic carbocycles. The van der Waals surface area contributed by atoms with Gasteiger partial charge in [-0.1, -0.05) is 0 Å². The van der Waals surface area contributed by atoms with E-state index in [-0.39, 0.29) is 30.9 Å². The maximum absolute atomic E-state index is 11.5. The van der Waals surface area contributed by atoms with Crippen molar-refractivity contribution >= 4 is 15.7 Å². The molecular weight excluding hydrogens is 230 g/mol. The van der Waals surface area contributed by atoms with Crippen molar-refractivity contribution in [1.82, 2.24) is 5.32 Å². The first kappa shape index (κ1) is 13.4. The van der Waals surface area contributed by atoms with E-state index in [4.69, 9.17) is 4.74 Å². The summed E-state index contributed by atoms with van der Waals surface area (Å²) in [4.78, 5) is 11.3. The first-order chi connectivity index (χ1) is 7.42. The molecule has 6 heteroatoms. The van der Waals surface area contributed by atoms with E-state index in [0.29, 0.717) is 12.8 Å². The summed E-state index contributed by atoms with van der Waals surface area (Å²) in [6.45, 7) is 3.89. The van der Waals surface area contributed by atoms with Crippen molar-refractivity contribution in [3.05, 3.63) is 0 Å². The van der Waals surface area contributed by atoms with Gasteiger partial charge in [-0.15, -0.1) is 0 Å². The number of sulfone groups is 1. The Morgan fingerprint density at radius 1 is 1.50 bits per heavy atom. The Labute approximate surface area is 96.5 Å². The highest BCUT2D eigenvalue weighted by molar-refractivity contribution is 7.92. The monoisotopic (exact) mass is 249 g/mol. The largest absolute Gasteiger partial charge is 0.369 e. The van der Waals surface area contributed by atoms with E-state index in [9.17, 15) is 13.2 Å². The topological polar surface area (TPSA) is 72.5 Å². The number of nitrogens with one attached hydrogen (secondary N) is 1. The summed E-state index contributed by atoms with van der Waals surface area (Å²) in [6.07, 6.45) is 1.35. The van der Waals surface area contributed by atoms with Crippen LogP contribution in [0.3, 0.4) is 0 Å². The van der Waals surface area contributed by atoms with Gasteiger partial charge in [-0.05, 0) is 26.7 Å². The Morgan fingerprint density at radius 2 is 2.19 bits per heavy atom. The second kappa shape index (κ2) is 5.63. The molecule has 1 aliphatic rings. The van der Waals surface area contributed by atoms with E-state index in [1.54, 1.807) is 0 Å². The van der Waals surface area contributed by atoms with Crippen LogP contribution >= 0.6 is 0 Å². The molecule has 5 nitrogen and oxygen atoms in total. The molecule has 1 saturated heterocycles. The maximum Gasteiger partial charge on any atom is 0.246 e. The summed E-state index contributed by atoms with van der Waals surface area (Å²) < 4.78 is 28.0. The minimum Gasteiger partial charge on any atom is -0.369 e. The third-order valence-corrected chi connectivity index (χ3v) is 4.81. The fourth-order valence-electron chi connectivity index (χ4n) is 1.61. The van der Waals surface area contributed by atoms with E-state index < -0.39 is 15.1 Å². The number of carbonyl (C=O) groups is 1. The second-order valence-electron chi connectivity index (χ2n) is 4.30. The van der Waals surface area contributed by atoms with E-state index in [1.807, 2.05) is 13.8 Å². The number of hydrogen-bond acceptors (Lipinski definition) is 4. The second-order valence-corrected chi connectivity index (χ2v) is 6.70. The quantitative estimate of drug-likeness (QED) is 0.750. The van der Waals surface area contributed by atoms with Crippen molar-refractivity contribution in [3.63, 3.8) is 0 Å². The molecule has 1 N–H and O–H groups in total. The molecule has 0 saturated carbocycles. The summed E-state index contributed by atoms with van der Waals surface area (Å²) in [7, 11) is -2.97. The molecule has 94 valence electrons. The molecule has 1 amide bonds. The minimum atomic E-state index is -2.97. The van der Waals surface area contributed by atoms with Crippen LogP contribution in [0.1, 0.15) is 26.7 Å². The number of ether oxygens (including phenoxy) is 1. The van der Waals surface area contributed by atoms with Crippen LogP contribution in [0.4, 0.5) is 0 Å². The van der Waals surface area contributed by atoms with Gasteiger partial charge in [0.2, 0.25) is 5.91 Å². The number of hydrogen-bond donors (Lipinski definition) is 1. The highest BCUT2D eigenvalue weighted by atomic mass is 32.2. The number of rotatable bonds is 5. The van der Waals surface area contributed by atoms with Gasteiger partial charge in [-0.2, -0.15) is 0 Å². The first-order valence-electron chi connectivity index (χ1n) is 5.51. The van der Waals surface area contributed by atoms with E-state index in [2.05, 4.69) is 5.32 Å². The lowest BCUT2D eigenvalue weighted by Crippen LogP contribution is -2.36. The molecule has 0 spiro atoms. The Balaban J connectivity index is 2.27. The molecule has 1 aliphatic heterocycles. The fourth-order valence-corrected chi connectivity index (χ4v) is 3.37. The minimum absolute atomic E-state index is 0.000892. The van der Waals surface area contributed by atoms with Gasteiger partial charge in [0, 0.05) is 6.54 Å². The zero-order chi connectivity index (χ0) is 12.2. The fraction of sp³-hybridized carbons (Fsp3) is 0.900. The SMILES string of the molecule is CC(C)OCC(=O)NCC1CCCS1(=O)=O. The van der Waals surface area contributed by atoms with Crippen molar-refractivity contribution in [3.8, 4) is 0 Å².